The third-order valence-corrected chi connectivity index (χ3v) is 8.07. The van der Waals surface area contributed by atoms with Crippen molar-refractivity contribution in [3.63, 3.8) is 0 Å². The lowest BCUT2D eigenvalue weighted by Crippen LogP contribution is -2.36. The number of hydrogen-bond acceptors (Lipinski definition) is 6. The molecule has 33 heavy (non-hydrogen) atoms. The highest BCUT2D eigenvalue weighted by molar-refractivity contribution is 7.21. The largest absolute Gasteiger partial charge is 0.449 e. The minimum absolute atomic E-state index is 0.0274. The zero-order valence-electron chi connectivity index (χ0n) is 17.7. The molecular formula is C26H23NO4S2. The Kier molecular flexibility index (Phi) is 6.28. The van der Waals surface area contributed by atoms with Gasteiger partial charge in [0.2, 0.25) is 0 Å². The van der Waals surface area contributed by atoms with Gasteiger partial charge in [-0.2, -0.15) is 0 Å². The maximum absolute atomic E-state index is 12.3. The van der Waals surface area contributed by atoms with E-state index in [9.17, 15) is 15.0 Å². The Balaban J connectivity index is 1.16. The van der Waals surface area contributed by atoms with E-state index in [1.165, 1.54) is 22.5 Å². The van der Waals surface area contributed by atoms with Gasteiger partial charge in [0.15, 0.2) is 0 Å². The molecule has 2 unspecified atom stereocenters. The quantitative estimate of drug-likeness (QED) is 0.333. The summed E-state index contributed by atoms with van der Waals surface area (Å²) in [5.74, 6) is -0.0274. The van der Waals surface area contributed by atoms with E-state index in [-0.39, 0.29) is 19.1 Å². The van der Waals surface area contributed by atoms with Crippen LogP contribution in [0, 0.1) is 0 Å². The van der Waals surface area contributed by atoms with Crippen molar-refractivity contribution in [2.75, 3.05) is 13.2 Å². The van der Waals surface area contributed by atoms with Gasteiger partial charge in [0, 0.05) is 27.1 Å². The summed E-state index contributed by atoms with van der Waals surface area (Å²) in [5.41, 5.74) is 4.61. The molecular weight excluding hydrogens is 454 g/mol. The third-order valence-electron chi connectivity index (χ3n) is 5.85. The molecule has 0 spiro atoms. The first-order valence-corrected chi connectivity index (χ1v) is 12.4. The first-order chi connectivity index (χ1) is 16.1. The second-order valence-corrected chi connectivity index (χ2v) is 9.96. The molecule has 0 aliphatic heterocycles. The molecule has 2 aromatic carbocycles. The van der Waals surface area contributed by atoms with Crippen LogP contribution in [-0.2, 0) is 4.74 Å². The summed E-state index contributed by atoms with van der Waals surface area (Å²) in [6.45, 7) is 0.0949. The fourth-order valence-corrected chi connectivity index (χ4v) is 6.09. The van der Waals surface area contributed by atoms with Crippen LogP contribution in [0.25, 0.3) is 20.9 Å². The molecule has 1 aliphatic carbocycles. The summed E-state index contributed by atoms with van der Waals surface area (Å²) in [5, 5.41) is 25.5. The molecule has 1 aliphatic rings. The average Bonchev–Trinajstić information content (AvgIpc) is 3.60. The van der Waals surface area contributed by atoms with Crippen LogP contribution in [-0.4, -0.2) is 35.6 Å². The highest BCUT2D eigenvalue weighted by atomic mass is 32.1. The molecule has 0 saturated carbocycles. The molecule has 2 heterocycles. The third kappa shape index (κ3) is 4.45. The summed E-state index contributed by atoms with van der Waals surface area (Å²) in [7, 11) is 0. The van der Waals surface area contributed by atoms with E-state index in [4.69, 9.17) is 4.74 Å². The Hall–Kier alpha value is -2.97. The van der Waals surface area contributed by atoms with E-state index in [0.717, 1.165) is 20.9 Å². The summed E-state index contributed by atoms with van der Waals surface area (Å²) in [6.07, 6.45) is -2.84. The molecule has 2 atom stereocenters. The summed E-state index contributed by atoms with van der Waals surface area (Å²) in [6, 6.07) is 24.0. The molecule has 0 bridgehead atoms. The van der Waals surface area contributed by atoms with Gasteiger partial charge in [-0.3, -0.25) is 0 Å². The van der Waals surface area contributed by atoms with E-state index in [0.29, 0.717) is 4.88 Å². The fraction of sp³-hybridized carbons (Fsp3) is 0.192. The molecule has 0 fully saturated rings. The topological polar surface area (TPSA) is 78.8 Å². The number of amides is 1. The number of carbonyl (C=O) groups excluding carboxylic acids is 1. The van der Waals surface area contributed by atoms with Gasteiger partial charge in [-0.25, -0.2) is 4.79 Å². The summed E-state index contributed by atoms with van der Waals surface area (Å²) in [4.78, 5) is 15.1. The van der Waals surface area contributed by atoms with E-state index in [1.807, 2.05) is 47.8 Å². The molecule has 3 N–H and O–H groups in total. The molecule has 5 nitrogen and oxygen atoms in total. The molecule has 2 aromatic heterocycles. The van der Waals surface area contributed by atoms with E-state index in [2.05, 4.69) is 29.6 Å². The molecule has 5 rings (SSSR count). The number of thiophene rings is 2. The SMILES string of the molecule is O=C(NCC(O)C(O)c1ccc(-c2cccs2)s1)OCC1c2ccccc2-c2ccccc21. The lowest BCUT2D eigenvalue weighted by atomic mass is 9.98. The number of aliphatic hydroxyl groups excluding tert-OH is 2. The number of hydrogen-bond donors (Lipinski definition) is 3. The van der Waals surface area contributed by atoms with Crippen LogP contribution in [0.1, 0.15) is 28.0 Å². The lowest BCUT2D eigenvalue weighted by molar-refractivity contribution is 0.0206. The minimum atomic E-state index is -1.14. The number of fused-ring (bicyclic) bond motifs is 3. The van der Waals surface area contributed by atoms with Crippen LogP contribution >= 0.6 is 22.7 Å². The highest BCUT2D eigenvalue weighted by Crippen LogP contribution is 2.44. The maximum Gasteiger partial charge on any atom is 0.407 e. The highest BCUT2D eigenvalue weighted by Gasteiger charge is 2.29. The number of ether oxygens (including phenoxy) is 1. The van der Waals surface area contributed by atoms with Gasteiger partial charge < -0.3 is 20.3 Å². The van der Waals surface area contributed by atoms with Gasteiger partial charge in [0.05, 0.1) is 0 Å². The molecule has 7 heteroatoms. The normalized spacial score (nSPS) is 14.4. The van der Waals surface area contributed by atoms with Crippen molar-refractivity contribution in [2.45, 2.75) is 18.1 Å². The van der Waals surface area contributed by atoms with Crippen molar-refractivity contribution < 1.29 is 19.7 Å². The van der Waals surface area contributed by atoms with Crippen LogP contribution in [0.15, 0.2) is 78.2 Å². The first-order valence-electron chi connectivity index (χ1n) is 10.7. The van der Waals surface area contributed by atoms with Crippen molar-refractivity contribution in [3.05, 3.63) is 94.2 Å². The van der Waals surface area contributed by atoms with E-state index >= 15 is 0 Å². The number of carbonyl (C=O) groups is 1. The Morgan fingerprint density at radius 3 is 2.27 bits per heavy atom. The van der Waals surface area contributed by atoms with Crippen LogP contribution in [0.3, 0.4) is 0 Å². The molecule has 4 aromatic rings. The fourth-order valence-electron chi connectivity index (χ4n) is 4.20. The Labute approximate surface area is 199 Å². The van der Waals surface area contributed by atoms with Crippen molar-refractivity contribution >= 4 is 28.8 Å². The van der Waals surface area contributed by atoms with E-state index < -0.39 is 18.3 Å². The molecule has 0 radical (unpaired) electrons. The average molecular weight is 478 g/mol. The van der Waals surface area contributed by atoms with E-state index in [1.54, 1.807) is 17.4 Å². The first kappa shape index (κ1) is 21.9. The number of rotatable bonds is 7. The second kappa shape index (κ2) is 9.49. The van der Waals surface area contributed by atoms with Gasteiger partial charge in [-0.05, 0) is 45.8 Å². The predicted octanol–water partition coefficient (Wildman–Crippen LogP) is 5.41. The predicted molar refractivity (Wildman–Crippen MR) is 132 cm³/mol. The van der Waals surface area contributed by atoms with Crippen molar-refractivity contribution in [3.8, 4) is 20.9 Å². The van der Waals surface area contributed by atoms with Gasteiger partial charge in [0.1, 0.15) is 18.8 Å². The molecule has 0 saturated heterocycles. The van der Waals surface area contributed by atoms with Crippen molar-refractivity contribution in [2.24, 2.45) is 0 Å². The number of alkyl carbamates (subject to hydrolysis) is 1. The van der Waals surface area contributed by atoms with Gasteiger partial charge in [-0.15, -0.1) is 22.7 Å². The molecule has 168 valence electrons. The van der Waals surface area contributed by atoms with Crippen LogP contribution in [0.4, 0.5) is 4.79 Å². The van der Waals surface area contributed by atoms with Gasteiger partial charge in [-0.1, -0.05) is 54.6 Å². The van der Waals surface area contributed by atoms with Crippen LogP contribution in [0.5, 0.6) is 0 Å². The van der Waals surface area contributed by atoms with Crippen molar-refractivity contribution in [1.82, 2.24) is 5.32 Å². The smallest absolute Gasteiger partial charge is 0.407 e. The monoisotopic (exact) mass is 477 g/mol. The van der Waals surface area contributed by atoms with Gasteiger partial charge >= 0.3 is 6.09 Å². The maximum atomic E-state index is 12.3. The lowest BCUT2D eigenvalue weighted by Gasteiger charge is -2.18. The zero-order chi connectivity index (χ0) is 22.8. The van der Waals surface area contributed by atoms with Crippen molar-refractivity contribution in [1.29, 1.82) is 0 Å². The number of nitrogens with one attached hydrogen (secondary N) is 1. The standard InChI is InChI=1S/C26H23NO4S2/c28-21(25(29)24-12-11-23(33-24)22-10-5-13-32-22)14-27-26(30)31-15-20-18-8-3-1-6-16(18)17-7-2-4-9-19(17)20/h1-13,20-21,25,28-29H,14-15H2,(H,27,30). The second-order valence-electron chi connectivity index (χ2n) is 7.90. The Morgan fingerprint density at radius 1 is 0.909 bits per heavy atom. The van der Waals surface area contributed by atoms with Gasteiger partial charge in [0.25, 0.3) is 0 Å². The summed E-state index contributed by atoms with van der Waals surface area (Å²) < 4.78 is 5.49. The summed E-state index contributed by atoms with van der Waals surface area (Å²) >= 11 is 3.06. The molecule has 1 amide bonds. The Morgan fingerprint density at radius 2 is 1.61 bits per heavy atom. The minimum Gasteiger partial charge on any atom is -0.449 e. The Bertz CT molecular complexity index is 1210. The zero-order valence-corrected chi connectivity index (χ0v) is 19.3. The van der Waals surface area contributed by atoms with Crippen LogP contribution in [0.2, 0.25) is 0 Å². The number of benzene rings is 2. The number of aliphatic hydroxyl groups is 2. The van der Waals surface area contributed by atoms with Crippen LogP contribution < -0.4 is 5.32 Å².